The molecule has 0 bridgehead atoms. The number of methoxy groups -OCH3 is 1. The Kier molecular flexibility index (Phi) is 8.90. The first-order chi connectivity index (χ1) is 9.89. The second kappa shape index (κ2) is 9.54. The summed E-state index contributed by atoms with van der Waals surface area (Å²) in [4.78, 5) is 12.0. The summed E-state index contributed by atoms with van der Waals surface area (Å²) < 4.78 is 10.9. The van der Waals surface area contributed by atoms with Gasteiger partial charge >= 0.3 is 0 Å². The van der Waals surface area contributed by atoms with E-state index in [0.717, 1.165) is 12.2 Å². The number of benzene rings is 1. The molecule has 6 heteroatoms. The van der Waals surface area contributed by atoms with Crippen molar-refractivity contribution in [2.45, 2.75) is 45.3 Å². The van der Waals surface area contributed by atoms with Crippen molar-refractivity contribution in [2.24, 2.45) is 5.73 Å². The summed E-state index contributed by atoms with van der Waals surface area (Å²) in [6, 6.07) is 7.37. The zero-order valence-corrected chi connectivity index (χ0v) is 14.5. The van der Waals surface area contributed by atoms with Crippen molar-refractivity contribution < 1.29 is 14.3 Å². The molecule has 22 heavy (non-hydrogen) atoms. The summed E-state index contributed by atoms with van der Waals surface area (Å²) in [5.74, 6) is 1.30. The molecule has 0 aromatic heterocycles. The van der Waals surface area contributed by atoms with Crippen molar-refractivity contribution in [2.75, 3.05) is 13.7 Å². The Bertz CT molecular complexity index is 466. The first kappa shape index (κ1) is 20.5. The van der Waals surface area contributed by atoms with Crippen molar-refractivity contribution >= 4 is 18.3 Å². The zero-order valence-electron chi connectivity index (χ0n) is 13.7. The monoisotopic (exact) mass is 330 g/mol. The SMILES string of the molecule is CCCC(C)(N)C(=O)NCC(C)Oc1cccc(OC)c1.Cl. The average Bonchev–Trinajstić information content (AvgIpc) is 2.44. The number of carbonyl (C=O) groups is 1. The van der Waals surface area contributed by atoms with E-state index in [2.05, 4.69) is 5.32 Å². The lowest BCUT2D eigenvalue weighted by molar-refractivity contribution is -0.126. The maximum atomic E-state index is 12.0. The molecule has 126 valence electrons. The van der Waals surface area contributed by atoms with Gasteiger partial charge in [0.1, 0.15) is 17.6 Å². The summed E-state index contributed by atoms with van der Waals surface area (Å²) >= 11 is 0. The standard InChI is InChI=1S/C16H26N2O3.ClH/c1-5-9-16(3,17)15(19)18-11-12(2)21-14-8-6-7-13(10-14)20-4;/h6-8,10,12H,5,9,11,17H2,1-4H3,(H,18,19);1H. The Balaban J connectivity index is 0.00000441. The molecule has 0 heterocycles. The first-order valence-electron chi connectivity index (χ1n) is 7.27. The fourth-order valence-electron chi connectivity index (χ4n) is 2.02. The fourth-order valence-corrected chi connectivity index (χ4v) is 2.02. The van der Waals surface area contributed by atoms with Gasteiger partial charge in [0.15, 0.2) is 0 Å². The number of hydrogen-bond donors (Lipinski definition) is 2. The number of nitrogens with two attached hydrogens (primary N) is 1. The van der Waals surface area contributed by atoms with Crippen LogP contribution >= 0.6 is 12.4 Å². The van der Waals surface area contributed by atoms with Crippen molar-refractivity contribution in [1.29, 1.82) is 0 Å². The highest BCUT2D eigenvalue weighted by molar-refractivity contribution is 5.85. The zero-order chi connectivity index (χ0) is 15.9. The van der Waals surface area contributed by atoms with E-state index in [1.54, 1.807) is 14.0 Å². The minimum atomic E-state index is -0.829. The molecule has 5 nitrogen and oxygen atoms in total. The summed E-state index contributed by atoms with van der Waals surface area (Å²) in [6.45, 7) is 6.06. The van der Waals surface area contributed by atoms with Crippen LogP contribution in [0.3, 0.4) is 0 Å². The van der Waals surface area contributed by atoms with Gasteiger partial charge in [-0.05, 0) is 32.4 Å². The number of amides is 1. The lowest BCUT2D eigenvalue weighted by Gasteiger charge is -2.24. The molecule has 0 radical (unpaired) electrons. The molecule has 0 saturated carbocycles. The minimum Gasteiger partial charge on any atom is -0.497 e. The van der Waals surface area contributed by atoms with Gasteiger partial charge in [0, 0.05) is 6.07 Å². The fraction of sp³-hybridized carbons (Fsp3) is 0.562. The highest BCUT2D eigenvalue weighted by Crippen LogP contribution is 2.19. The second-order valence-corrected chi connectivity index (χ2v) is 5.48. The predicted molar refractivity (Wildman–Crippen MR) is 90.8 cm³/mol. The van der Waals surface area contributed by atoms with Gasteiger partial charge in [0.25, 0.3) is 0 Å². The van der Waals surface area contributed by atoms with Gasteiger partial charge in [-0.25, -0.2) is 0 Å². The van der Waals surface area contributed by atoms with E-state index in [9.17, 15) is 4.79 Å². The molecule has 1 rings (SSSR count). The van der Waals surface area contributed by atoms with Crippen molar-refractivity contribution in [3.05, 3.63) is 24.3 Å². The summed E-state index contributed by atoms with van der Waals surface area (Å²) in [6.07, 6.45) is 1.37. The van der Waals surface area contributed by atoms with Crippen LogP contribution < -0.4 is 20.5 Å². The number of halogens is 1. The quantitative estimate of drug-likeness (QED) is 0.768. The van der Waals surface area contributed by atoms with E-state index in [1.165, 1.54) is 0 Å². The third kappa shape index (κ3) is 6.54. The number of hydrogen-bond acceptors (Lipinski definition) is 4. The summed E-state index contributed by atoms with van der Waals surface area (Å²) in [7, 11) is 1.61. The Labute approximate surface area is 139 Å². The van der Waals surface area contributed by atoms with Crippen LogP contribution in [-0.4, -0.2) is 31.2 Å². The van der Waals surface area contributed by atoms with Gasteiger partial charge in [-0.1, -0.05) is 19.4 Å². The summed E-state index contributed by atoms with van der Waals surface area (Å²) in [5, 5.41) is 2.84. The number of rotatable bonds is 8. The van der Waals surface area contributed by atoms with E-state index in [0.29, 0.717) is 18.7 Å². The molecule has 0 aliphatic rings. The molecule has 2 unspecified atom stereocenters. The average molecular weight is 331 g/mol. The van der Waals surface area contributed by atoms with Gasteiger partial charge in [-0.3, -0.25) is 4.79 Å². The van der Waals surface area contributed by atoms with Crippen LogP contribution in [0.25, 0.3) is 0 Å². The van der Waals surface area contributed by atoms with Crippen molar-refractivity contribution in [3.63, 3.8) is 0 Å². The van der Waals surface area contributed by atoms with Crippen molar-refractivity contribution in [1.82, 2.24) is 5.32 Å². The molecular weight excluding hydrogens is 304 g/mol. The molecule has 0 aliphatic heterocycles. The first-order valence-corrected chi connectivity index (χ1v) is 7.27. The predicted octanol–water partition coefficient (Wildman–Crippen LogP) is 2.52. The number of ether oxygens (including phenoxy) is 2. The van der Waals surface area contributed by atoms with E-state index >= 15 is 0 Å². The van der Waals surface area contributed by atoms with E-state index in [-0.39, 0.29) is 24.4 Å². The second-order valence-electron chi connectivity index (χ2n) is 5.48. The molecule has 2 atom stereocenters. The lowest BCUT2D eigenvalue weighted by Crippen LogP contribution is -2.53. The largest absolute Gasteiger partial charge is 0.497 e. The molecule has 0 aliphatic carbocycles. The number of carbonyl (C=O) groups excluding carboxylic acids is 1. The third-order valence-electron chi connectivity index (χ3n) is 3.22. The van der Waals surface area contributed by atoms with Gasteiger partial charge in [0.2, 0.25) is 5.91 Å². The normalized spacial score (nSPS) is 14.2. The van der Waals surface area contributed by atoms with Crippen LogP contribution in [0.2, 0.25) is 0 Å². The Morgan fingerprint density at radius 1 is 1.41 bits per heavy atom. The van der Waals surface area contributed by atoms with Gasteiger partial charge in [0.05, 0.1) is 19.2 Å². The topological polar surface area (TPSA) is 73.6 Å². The van der Waals surface area contributed by atoms with E-state index < -0.39 is 5.54 Å². The van der Waals surface area contributed by atoms with Crippen LogP contribution in [0, 0.1) is 0 Å². The van der Waals surface area contributed by atoms with Crippen LogP contribution in [0.5, 0.6) is 11.5 Å². The third-order valence-corrected chi connectivity index (χ3v) is 3.22. The molecule has 1 aromatic carbocycles. The lowest BCUT2D eigenvalue weighted by atomic mass is 9.96. The van der Waals surface area contributed by atoms with Gasteiger partial charge < -0.3 is 20.5 Å². The minimum absolute atomic E-state index is 0. The molecule has 0 spiro atoms. The molecule has 1 aromatic rings. The van der Waals surface area contributed by atoms with Gasteiger partial charge in [-0.15, -0.1) is 12.4 Å². The smallest absolute Gasteiger partial charge is 0.239 e. The highest BCUT2D eigenvalue weighted by Gasteiger charge is 2.27. The maximum Gasteiger partial charge on any atom is 0.239 e. The number of nitrogens with one attached hydrogen (secondary N) is 1. The Hall–Kier alpha value is -1.46. The Morgan fingerprint density at radius 3 is 2.64 bits per heavy atom. The van der Waals surface area contributed by atoms with Crippen LogP contribution in [0.15, 0.2) is 24.3 Å². The van der Waals surface area contributed by atoms with Crippen molar-refractivity contribution in [3.8, 4) is 11.5 Å². The van der Waals surface area contributed by atoms with Crippen LogP contribution in [0.4, 0.5) is 0 Å². The molecule has 1 amide bonds. The molecule has 3 N–H and O–H groups in total. The maximum absolute atomic E-state index is 12.0. The highest BCUT2D eigenvalue weighted by atomic mass is 35.5. The molecular formula is C16H27ClN2O3. The Morgan fingerprint density at radius 2 is 2.05 bits per heavy atom. The van der Waals surface area contributed by atoms with Gasteiger partial charge in [-0.2, -0.15) is 0 Å². The molecule has 0 saturated heterocycles. The van der Waals surface area contributed by atoms with Crippen LogP contribution in [0.1, 0.15) is 33.6 Å². The van der Waals surface area contributed by atoms with Crippen LogP contribution in [-0.2, 0) is 4.79 Å². The summed E-state index contributed by atoms with van der Waals surface area (Å²) in [5.41, 5.74) is 5.15. The van der Waals surface area contributed by atoms with E-state index in [1.807, 2.05) is 38.1 Å². The molecule has 0 fully saturated rings. The van der Waals surface area contributed by atoms with E-state index in [4.69, 9.17) is 15.2 Å².